The van der Waals surface area contributed by atoms with Gasteiger partial charge in [-0.3, -0.25) is 4.79 Å². The average molecular weight is 231 g/mol. The van der Waals surface area contributed by atoms with Crippen molar-refractivity contribution in [3.05, 3.63) is 17.7 Å². The first-order chi connectivity index (χ1) is 7.15. The number of benzene rings is 1. The third kappa shape index (κ3) is 2.15. The lowest BCUT2D eigenvalue weighted by Crippen LogP contribution is -2.04. The molecule has 1 aromatic carbocycles. The van der Waals surface area contributed by atoms with Crippen LogP contribution in [0.4, 0.5) is 0 Å². The lowest BCUT2D eigenvalue weighted by molar-refractivity contribution is 0.101. The summed E-state index contributed by atoms with van der Waals surface area (Å²) in [5, 5.41) is 9.67. The molecule has 5 heteroatoms. The van der Waals surface area contributed by atoms with E-state index in [0.29, 0.717) is 0 Å². The molecule has 1 aromatic rings. The first-order valence-electron chi connectivity index (χ1n) is 4.18. The highest BCUT2D eigenvalue weighted by Crippen LogP contribution is 2.38. The number of alkyl halides is 1. The average Bonchev–Trinajstić information content (AvgIpc) is 2.27. The number of carbonyl (C=O) groups excluding carboxylic acids is 1. The zero-order valence-electron chi connectivity index (χ0n) is 8.41. The van der Waals surface area contributed by atoms with Gasteiger partial charge in [0.25, 0.3) is 0 Å². The first-order valence-corrected chi connectivity index (χ1v) is 4.72. The van der Waals surface area contributed by atoms with E-state index in [2.05, 4.69) is 0 Å². The van der Waals surface area contributed by atoms with E-state index in [9.17, 15) is 9.90 Å². The number of hydrogen-bond donors (Lipinski definition) is 1. The number of halogens is 1. The van der Waals surface area contributed by atoms with Crippen LogP contribution in [-0.2, 0) is 0 Å². The minimum Gasteiger partial charge on any atom is -0.502 e. The normalized spacial score (nSPS) is 9.80. The SMILES string of the molecule is COc1ccc(C(=O)CCl)c(OC)c1O. The Hall–Kier alpha value is -1.42. The molecule has 0 bridgehead atoms. The van der Waals surface area contributed by atoms with Gasteiger partial charge in [-0.2, -0.15) is 0 Å². The van der Waals surface area contributed by atoms with Gasteiger partial charge in [-0.15, -0.1) is 11.6 Å². The quantitative estimate of drug-likeness (QED) is 0.633. The van der Waals surface area contributed by atoms with E-state index in [1.165, 1.54) is 26.4 Å². The van der Waals surface area contributed by atoms with Crippen LogP contribution in [0.25, 0.3) is 0 Å². The summed E-state index contributed by atoms with van der Waals surface area (Å²) >= 11 is 5.42. The second-order valence-electron chi connectivity index (χ2n) is 2.75. The number of rotatable bonds is 4. The van der Waals surface area contributed by atoms with Gasteiger partial charge in [-0.05, 0) is 12.1 Å². The van der Waals surface area contributed by atoms with Gasteiger partial charge in [0.2, 0.25) is 5.75 Å². The van der Waals surface area contributed by atoms with E-state index in [4.69, 9.17) is 21.1 Å². The summed E-state index contributed by atoms with van der Waals surface area (Å²) in [5.74, 6) is -0.345. The van der Waals surface area contributed by atoms with Crippen molar-refractivity contribution in [3.8, 4) is 17.2 Å². The first kappa shape index (κ1) is 11.7. The predicted molar refractivity (Wildman–Crippen MR) is 56.3 cm³/mol. The molecule has 0 aliphatic rings. The van der Waals surface area contributed by atoms with Crippen molar-refractivity contribution in [3.63, 3.8) is 0 Å². The highest BCUT2D eigenvalue weighted by Gasteiger charge is 2.18. The largest absolute Gasteiger partial charge is 0.502 e. The zero-order valence-corrected chi connectivity index (χ0v) is 9.17. The van der Waals surface area contributed by atoms with Crippen LogP contribution in [0.15, 0.2) is 12.1 Å². The molecule has 82 valence electrons. The van der Waals surface area contributed by atoms with E-state index >= 15 is 0 Å². The van der Waals surface area contributed by atoms with Crippen molar-refractivity contribution in [2.45, 2.75) is 0 Å². The lowest BCUT2D eigenvalue weighted by atomic mass is 10.1. The van der Waals surface area contributed by atoms with Crippen LogP contribution in [0, 0.1) is 0 Å². The van der Waals surface area contributed by atoms with Crippen LogP contribution >= 0.6 is 11.6 Å². The second-order valence-corrected chi connectivity index (χ2v) is 3.02. The number of methoxy groups -OCH3 is 2. The molecular weight excluding hydrogens is 220 g/mol. The fourth-order valence-electron chi connectivity index (χ4n) is 1.22. The van der Waals surface area contributed by atoms with E-state index in [0.717, 1.165) is 0 Å². The summed E-state index contributed by atoms with van der Waals surface area (Å²) in [4.78, 5) is 11.4. The van der Waals surface area contributed by atoms with E-state index < -0.39 is 0 Å². The van der Waals surface area contributed by atoms with Crippen LogP contribution in [0.1, 0.15) is 10.4 Å². The molecule has 1 N–H and O–H groups in total. The molecule has 0 atom stereocenters. The minimum atomic E-state index is -0.313. The Bertz CT molecular complexity index is 376. The Labute approximate surface area is 92.4 Å². The summed E-state index contributed by atoms with van der Waals surface area (Å²) in [5.41, 5.74) is 0.241. The molecule has 1 rings (SSSR count). The molecule has 0 aliphatic heterocycles. The number of aromatic hydroxyl groups is 1. The number of carbonyl (C=O) groups is 1. The van der Waals surface area contributed by atoms with Crippen molar-refractivity contribution in [1.82, 2.24) is 0 Å². The van der Waals surface area contributed by atoms with Crippen LogP contribution in [0.5, 0.6) is 17.2 Å². The van der Waals surface area contributed by atoms with Crippen LogP contribution < -0.4 is 9.47 Å². The smallest absolute Gasteiger partial charge is 0.201 e. The molecule has 4 nitrogen and oxygen atoms in total. The van der Waals surface area contributed by atoms with Gasteiger partial charge in [0, 0.05) is 0 Å². The maximum Gasteiger partial charge on any atom is 0.201 e. The molecule has 0 fully saturated rings. The molecule has 0 aliphatic carbocycles. The molecule has 0 aromatic heterocycles. The molecule has 0 saturated heterocycles. The summed E-state index contributed by atoms with van der Waals surface area (Å²) in [6.07, 6.45) is 0. The lowest BCUT2D eigenvalue weighted by Gasteiger charge is -2.11. The van der Waals surface area contributed by atoms with Gasteiger partial charge in [0.05, 0.1) is 25.7 Å². The number of Topliss-reactive ketones (excluding diaryl/α,β-unsaturated/α-hetero) is 1. The van der Waals surface area contributed by atoms with E-state index in [1.54, 1.807) is 0 Å². The number of ether oxygens (including phenoxy) is 2. The van der Waals surface area contributed by atoms with Gasteiger partial charge < -0.3 is 14.6 Å². The molecule has 0 amide bonds. The summed E-state index contributed by atoms with van der Waals surface area (Å²) in [6.45, 7) is 0. The summed E-state index contributed by atoms with van der Waals surface area (Å²) < 4.78 is 9.81. The topological polar surface area (TPSA) is 55.8 Å². The Morgan fingerprint density at radius 1 is 1.40 bits per heavy atom. The zero-order chi connectivity index (χ0) is 11.4. The highest BCUT2D eigenvalue weighted by atomic mass is 35.5. The van der Waals surface area contributed by atoms with Crippen molar-refractivity contribution < 1.29 is 19.4 Å². The molecule has 0 heterocycles. The van der Waals surface area contributed by atoms with Crippen molar-refractivity contribution in [2.24, 2.45) is 0 Å². The molecule has 15 heavy (non-hydrogen) atoms. The third-order valence-corrected chi connectivity index (χ3v) is 2.18. The molecule has 0 saturated carbocycles. The maximum atomic E-state index is 11.4. The van der Waals surface area contributed by atoms with Crippen LogP contribution in [-0.4, -0.2) is 31.0 Å². The van der Waals surface area contributed by atoms with E-state index in [1.807, 2.05) is 0 Å². The van der Waals surface area contributed by atoms with Gasteiger partial charge >= 0.3 is 0 Å². The fraction of sp³-hybridized carbons (Fsp3) is 0.300. The Balaban J connectivity index is 3.30. The van der Waals surface area contributed by atoms with Crippen molar-refractivity contribution in [2.75, 3.05) is 20.1 Å². The Morgan fingerprint density at radius 2 is 2.07 bits per heavy atom. The number of hydrogen-bond acceptors (Lipinski definition) is 4. The van der Waals surface area contributed by atoms with Gasteiger partial charge in [-0.25, -0.2) is 0 Å². The predicted octanol–water partition coefficient (Wildman–Crippen LogP) is 1.83. The van der Waals surface area contributed by atoms with Crippen LogP contribution in [0.2, 0.25) is 0 Å². The summed E-state index contributed by atoms with van der Waals surface area (Å²) in [6, 6.07) is 2.99. The van der Waals surface area contributed by atoms with Gasteiger partial charge in [0.1, 0.15) is 0 Å². The Kier molecular flexibility index (Phi) is 3.80. The molecular formula is C10H11ClO4. The minimum absolute atomic E-state index is 0.0833. The fourth-order valence-corrected chi connectivity index (χ4v) is 1.36. The summed E-state index contributed by atoms with van der Waals surface area (Å²) in [7, 11) is 2.77. The molecule has 0 spiro atoms. The van der Waals surface area contributed by atoms with Gasteiger partial charge in [0.15, 0.2) is 17.3 Å². The second kappa shape index (κ2) is 4.89. The van der Waals surface area contributed by atoms with Crippen molar-refractivity contribution >= 4 is 17.4 Å². The number of phenols is 1. The standard InChI is InChI=1S/C10H11ClO4/c1-14-8-4-3-6(7(12)5-11)10(15-2)9(8)13/h3-4,13H,5H2,1-2H3. The Morgan fingerprint density at radius 3 is 2.53 bits per heavy atom. The van der Waals surface area contributed by atoms with E-state index in [-0.39, 0.29) is 34.5 Å². The highest BCUT2D eigenvalue weighted by molar-refractivity contribution is 6.30. The monoisotopic (exact) mass is 230 g/mol. The molecule has 0 radical (unpaired) electrons. The third-order valence-electron chi connectivity index (χ3n) is 1.94. The number of ketones is 1. The van der Waals surface area contributed by atoms with Gasteiger partial charge in [-0.1, -0.05) is 0 Å². The number of phenolic OH excluding ortho intramolecular Hbond substituents is 1. The van der Waals surface area contributed by atoms with Crippen LogP contribution in [0.3, 0.4) is 0 Å². The van der Waals surface area contributed by atoms with Crippen molar-refractivity contribution in [1.29, 1.82) is 0 Å². The molecule has 0 unspecified atom stereocenters. The maximum absolute atomic E-state index is 11.4.